The topological polar surface area (TPSA) is 12.4 Å². The average molecular weight is 2950 g/mol. The minimum atomic E-state index is -1.68. The largest absolute Gasteiger partial charge is 1.00 e. The van der Waals surface area contributed by atoms with Crippen molar-refractivity contribution in [1.29, 1.82) is 0 Å². The second-order valence-corrected chi connectivity index (χ2v) is 100. The zero-order chi connectivity index (χ0) is 93.6. The normalized spacial score (nSPS) is 11.0. The third-order valence-corrected chi connectivity index (χ3v) is 82.9. The minimum Gasteiger partial charge on any atom is 1.00 e. The average Bonchev–Trinajstić information content (AvgIpc) is 1.66. The summed E-state index contributed by atoms with van der Waals surface area (Å²) < 4.78 is 29.1. The number of halogens is 4. The molecule has 11 heterocycles. The van der Waals surface area contributed by atoms with Gasteiger partial charge < -0.3 is 6.92 Å². The maximum atomic E-state index is 4.34. The van der Waals surface area contributed by atoms with Crippen molar-refractivity contribution in [2.24, 2.45) is 4.30 Å². The molecule has 0 N–H and O–H groups in total. The van der Waals surface area contributed by atoms with Gasteiger partial charge in [-0.1, -0.05) is 13.3 Å². The molecule has 0 amide bonds. The Morgan fingerprint density at radius 3 is 0.806 bits per heavy atom. The summed E-state index contributed by atoms with van der Waals surface area (Å²) in [5.74, 6) is 0. The van der Waals surface area contributed by atoms with Crippen molar-refractivity contribution in [2.45, 2.75) is 401 Å². The van der Waals surface area contributed by atoms with Crippen molar-refractivity contribution in [2.75, 3.05) is 0 Å². The maximum Gasteiger partial charge on any atom is 1.00 e. The first-order valence-corrected chi connectivity index (χ1v) is 92.6. The number of rotatable bonds is 53. The Bertz CT molecular complexity index is 4200. The molecule has 0 bridgehead atoms. The van der Waals surface area contributed by atoms with Crippen molar-refractivity contribution in [3.05, 3.63) is 179 Å². The number of hydrogen-bond acceptors (Lipinski definition) is 2. The van der Waals surface area contributed by atoms with Crippen LogP contribution < -0.4 is 23.8 Å². The van der Waals surface area contributed by atoms with Crippen LogP contribution in [0.25, 0.3) is 44.4 Å². The number of nitrogens with zero attached hydrogens (tertiary/aromatic N) is 1. The van der Waals surface area contributed by atoms with Gasteiger partial charge in [-0.15, -0.1) is 0 Å². The molecule has 0 saturated carbocycles. The van der Waals surface area contributed by atoms with Gasteiger partial charge in [-0.25, -0.2) is 0 Å². The van der Waals surface area contributed by atoms with Gasteiger partial charge in [0, 0.05) is 0 Å². The van der Waals surface area contributed by atoms with Crippen LogP contribution in [-0.2, 0) is 57.8 Å². The monoisotopic (exact) mass is 2960 g/mol. The molecule has 129 heavy (non-hydrogen) atoms. The Balaban J connectivity index is 0.000000400. The van der Waals surface area contributed by atoms with Crippen molar-refractivity contribution >= 4 is 285 Å². The van der Waals surface area contributed by atoms with Gasteiger partial charge in [-0.3, -0.25) is 0 Å². The quantitative estimate of drug-likeness (QED) is 0.0169. The summed E-state index contributed by atoms with van der Waals surface area (Å²) in [4.78, 5) is 29.9. The summed E-state index contributed by atoms with van der Waals surface area (Å²) in [6.45, 7) is 26.3. The van der Waals surface area contributed by atoms with Gasteiger partial charge in [0.05, 0.1) is 0 Å². The predicted octanol–water partition coefficient (Wildman–Crippen LogP) is 30.1. The third kappa shape index (κ3) is 55.4. The summed E-state index contributed by atoms with van der Waals surface area (Å²) in [7, 11) is 4.34. The van der Waals surface area contributed by atoms with Crippen LogP contribution in [0.4, 0.5) is 0 Å². The molecular weight excluding hydrogens is 2790 g/mol. The fraction of sp³-hybridized carbons (Fsp3) is 0.583. The smallest absolute Gasteiger partial charge is 1.00 e. The van der Waals surface area contributed by atoms with Crippen molar-refractivity contribution in [3.8, 4) is 44.4 Å². The van der Waals surface area contributed by atoms with E-state index in [1.165, 1.54) is 309 Å². The van der Waals surface area contributed by atoms with E-state index >= 15 is 0 Å². The van der Waals surface area contributed by atoms with Gasteiger partial charge in [0.2, 0.25) is 0 Å². The first-order valence-electron chi connectivity index (χ1n) is 49.4. The van der Waals surface area contributed by atoms with E-state index in [-0.39, 0.29) is 18.9 Å². The molecule has 0 atom stereocenters. The fourth-order valence-electron chi connectivity index (χ4n) is 14.4. The van der Waals surface area contributed by atoms with Gasteiger partial charge in [0.15, 0.2) is 0 Å². The van der Waals surface area contributed by atoms with Crippen LogP contribution in [-0.4, -0.2) is 204 Å². The van der Waals surface area contributed by atoms with Crippen molar-refractivity contribution in [3.63, 3.8) is 0 Å². The van der Waals surface area contributed by atoms with Gasteiger partial charge in [0.1, 0.15) is 0 Å². The zero-order valence-corrected chi connectivity index (χ0v) is 115. The molecule has 0 aliphatic heterocycles. The molecule has 0 spiro atoms. The predicted molar refractivity (Wildman–Crippen MR) is 617 cm³/mol. The fourth-order valence-corrected chi connectivity index (χ4v) is 64.0. The maximum absolute atomic E-state index is 4.34. The summed E-state index contributed by atoms with van der Waals surface area (Å²) in [6, 6.07) is 32.2. The van der Waals surface area contributed by atoms with Crippen LogP contribution in [0.3, 0.4) is 0 Å². The molecular formula is C108H164BBr4LiNSSe11Sn2. The molecule has 21 heteroatoms. The Morgan fingerprint density at radius 2 is 0.558 bits per heavy atom. The summed E-state index contributed by atoms with van der Waals surface area (Å²) >= 11 is 21.7. The van der Waals surface area contributed by atoms with Crippen LogP contribution in [0.5, 0.6) is 0 Å². The molecule has 0 unspecified atom stereocenters. The molecule has 11 aromatic heterocycles. The van der Waals surface area contributed by atoms with Crippen LogP contribution in [0.1, 0.15) is 363 Å². The van der Waals surface area contributed by atoms with E-state index in [2.05, 4.69) is 303 Å². The van der Waals surface area contributed by atoms with Crippen LogP contribution in [0.15, 0.2) is 126 Å². The summed E-state index contributed by atoms with van der Waals surface area (Å²) in [5, 5.41) is 0. The van der Waals surface area contributed by atoms with Crippen molar-refractivity contribution < 1.29 is 18.9 Å². The summed E-state index contributed by atoms with van der Waals surface area (Å²) in [5.41, 5.74) is 14.4. The van der Waals surface area contributed by atoms with Gasteiger partial charge in [0.25, 0.3) is 0 Å². The van der Waals surface area contributed by atoms with E-state index in [1.807, 2.05) is 4.91 Å². The molecule has 0 aromatic carbocycles. The summed E-state index contributed by atoms with van der Waals surface area (Å²) in [6.07, 6.45) is 63.0. The van der Waals surface area contributed by atoms with E-state index < -0.39 is 36.8 Å². The van der Waals surface area contributed by atoms with E-state index in [1.54, 1.807) is 94.4 Å². The van der Waals surface area contributed by atoms with Crippen LogP contribution in [0.2, 0.25) is 29.6 Å². The van der Waals surface area contributed by atoms with Crippen LogP contribution >= 0.6 is 76.5 Å². The van der Waals surface area contributed by atoms with E-state index in [0.29, 0.717) is 145 Å². The Kier molecular flexibility index (Phi) is 78.7. The number of hydrogen-bond donors (Lipinski definition) is 1. The number of aryl methyl sites for hydroxylation is 9. The Morgan fingerprint density at radius 1 is 0.295 bits per heavy atom. The van der Waals surface area contributed by atoms with E-state index in [0.717, 1.165) is 20.9 Å². The van der Waals surface area contributed by atoms with Crippen LogP contribution in [0, 0.1) is 6.92 Å². The molecule has 0 fully saturated rings. The van der Waals surface area contributed by atoms with Gasteiger partial charge in [-0.05, 0) is 0 Å². The first-order chi connectivity index (χ1) is 61.9. The molecule has 713 valence electrons. The first kappa shape index (κ1) is 127. The standard InChI is InChI=1S/C24H32Se3.2C20H28Br2Se2.C20H30Se2.C10H16Se.C4H2Se.C4H9.6CH3.BHNS.Li.2Sn/c1-3-5-7-9-12-19-16-22(26-18-19)23-17-20(13-10-8-6-4-2)24(27-23)21-14-11-15-25-21;2*1-3-5-7-9-11-15-13-17(23-19(15)21)18-14-16(20(22)24-18)12-10-8-6-4-2;1-3-5-7-9-11-17-13-19(21-15-17)20-14-18(16-22-20)12-10-8-6-4-2;1-2-3-4-5-6-10-7-8-11-9-10;1-2-4-5-3-1;1-3-4-2;;;;;;;1-2-3;;;/h11,14-18H,3-10,12-13H2,1-2H3;2*13-14H,3-12H2,1-2H3;13-16H,3-12H2,1-2H3;7-9H,2-6H2,1H3;1-2H;1,3-4H2,2H3;6*1H3;3H;;;/q;;;;;;-1;;;;;;;;+1;;. The molecule has 0 aliphatic rings. The molecule has 0 saturated heterocycles. The van der Waals surface area contributed by atoms with Crippen molar-refractivity contribution in [1.82, 2.24) is 0 Å². The molecule has 1 nitrogen and oxygen atoms in total. The Labute approximate surface area is 918 Å². The second-order valence-electron chi connectivity index (χ2n) is 36.1. The molecule has 1 radical (unpaired) electrons. The minimum absolute atomic E-state index is 0. The SMILES string of the molecule is CCCCCCc1c[se]c(-c2cc(CCCCCC)c(-c3ccc[se]3)[se]2)c1.CCCCCCc1c[se]c(-c2cc(CCCCCC)c[se]2)c1.CCCCCCc1cc(-c2cc(CCCCCC)c(Br)[se]2)[se]c1Br.CCCCCCc1cc(-c2cc(CCCCCC)c(Br)[se]2)[se]c1Br.CCCCCCc1cc[se]c1.[B]=NS.[CH2-]CCC.[CH3][Sn]([CH3])([CH3])[c]1cc[c]([Sn]([CH3])([CH3])[CH3])[se]1.[Li+]. The molecule has 11 rings (SSSR count). The number of unbranched alkanes of at least 4 members (excludes halogenated alkanes) is 28. The van der Waals surface area contributed by atoms with Gasteiger partial charge in [-0.2, -0.15) is 6.42 Å². The Hall–Kier alpha value is 4.32. The van der Waals surface area contributed by atoms with E-state index in [4.69, 9.17) is 0 Å². The number of thiol groups is 1. The second kappa shape index (κ2) is 79.6. The van der Waals surface area contributed by atoms with Gasteiger partial charge >= 0.3 is 906 Å². The molecule has 0 aliphatic carbocycles. The third-order valence-electron chi connectivity index (χ3n) is 22.3. The molecule has 11 aromatic rings. The zero-order valence-electron chi connectivity index (χ0n) is 82.9. The van der Waals surface area contributed by atoms with E-state index in [9.17, 15) is 0 Å².